The van der Waals surface area contributed by atoms with Crippen molar-refractivity contribution in [1.29, 1.82) is 0 Å². The maximum absolute atomic E-state index is 13.3. The van der Waals surface area contributed by atoms with E-state index in [0.29, 0.717) is 6.42 Å². The third kappa shape index (κ3) is 1.97. The first-order valence-electron chi connectivity index (χ1n) is 4.72. The normalized spacial score (nSPS) is 12.9. The van der Waals surface area contributed by atoms with Crippen molar-refractivity contribution in [2.45, 2.75) is 25.8 Å². The monoisotopic (exact) mass is 237 g/mol. The van der Waals surface area contributed by atoms with Gasteiger partial charge in [0.1, 0.15) is 0 Å². The zero-order valence-corrected chi connectivity index (χ0v) is 8.53. The first kappa shape index (κ1) is 12.8. The summed E-state index contributed by atoms with van der Waals surface area (Å²) in [5, 5.41) is 8.73. The molecule has 0 aliphatic heterocycles. The molecule has 0 aromatic heterocycles. The van der Waals surface area contributed by atoms with Crippen LogP contribution in [0.2, 0.25) is 0 Å². The molecule has 0 aliphatic rings. The van der Waals surface area contributed by atoms with Gasteiger partial charge in [-0.05, 0) is 6.42 Å². The Hall–Kier alpha value is -1.30. The van der Waals surface area contributed by atoms with Crippen molar-refractivity contribution in [1.82, 2.24) is 0 Å². The van der Waals surface area contributed by atoms with E-state index in [1.807, 2.05) is 0 Å². The summed E-state index contributed by atoms with van der Waals surface area (Å²) in [6.07, 6.45) is 0.682. The standard InChI is InChI=1S/C10H11F4NO/c1-2-3-4(15)5-6(11)8(13)10(16)9(14)7(5)12/h4,16H,2-3,15H2,1H3. The van der Waals surface area contributed by atoms with Crippen LogP contribution in [-0.2, 0) is 0 Å². The molecule has 90 valence electrons. The van der Waals surface area contributed by atoms with Gasteiger partial charge in [0.2, 0.25) is 11.6 Å². The van der Waals surface area contributed by atoms with Crippen molar-refractivity contribution in [2.75, 3.05) is 0 Å². The lowest BCUT2D eigenvalue weighted by Crippen LogP contribution is -2.16. The molecule has 1 atom stereocenters. The van der Waals surface area contributed by atoms with Crippen LogP contribution < -0.4 is 5.73 Å². The van der Waals surface area contributed by atoms with Crippen LogP contribution >= 0.6 is 0 Å². The molecule has 0 fully saturated rings. The second-order valence-electron chi connectivity index (χ2n) is 3.41. The van der Waals surface area contributed by atoms with E-state index in [4.69, 9.17) is 10.8 Å². The highest BCUT2D eigenvalue weighted by atomic mass is 19.2. The number of aromatic hydroxyl groups is 1. The molecule has 6 heteroatoms. The lowest BCUT2D eigenvalue weighted by molar-refractivity contribution is 0.346. The van der Waals surface area contributed by atoms with E-state index in [9.17, 15) is 17.6 Å². The van der Waals surface area contributed by atoms with E-state index in [1.54, 1.807) is 6.92 Å². The first-order chi connectivity index (χ1) is 7.41. The third-order valence-corrected chi connectivity index (χ3v) is 2.24. The number of halogens is 4. The fourth-order valence-electron chi connectivity index (χ4n) is 1.42. The Bertz CT molecular complexity index is 379. The van der Waals surface area contributed by atoms with Crippen molar-refractivity contribution in [3.63, 3.8) is 0 Å². The molecule has 0 saturated heterocycles. The molecule has 16 heavy (non-hydrogen) atoms. The van der Waals surface area contributed by atoms with Crippen molar-refractivity contribution < 1.29 is 22.7 Å². The van der Waals surface area contributed by atoms with Crippen molar-refractivity contribution in [2.24, 2.45) is 5.73 Å². The minimum Gasteiger partial charge on any atom is -0.503 e. The summed E-state index contributed by atoms with van der Waals surface area (Å²) in [7, 11) is 0. The highest BCUT2D eigenvalue weighted by molar-refractivity contribution is 5.34. The quantitative estimate of drug-likeness (QED) is 0.627. The predicted octanol–water partition coefficient (Wildman–Crippen LogP) is 2.75. The number of hydrogen-bond donors (Lipinski definition) is 2. The second kappa shape index (κ2) is 4.69. The summed E-state index contributed by atoms with van der Waals surface area (Å²) < 4.78 is 52.4. The van der Waals surface area contributed by atoms with Crippen molar-refractivity contribution >= 4 is 0 Å². The van der Waals surface area contributed by atoms with Gasteiger partial charge in [-0.25, -0.2) is 8.78 Å². The maximum Gasteiger partial charge on any atom is 0.204 e. The number of hydrogen-bond acceptors (Lipinski definition) is 2. The molecule has 0 heterocycles. The lowest BCUT2D eigenvalue weighted by atomic mass is 10.0. The Morgan fingerprint density at radius 3 is 1.88 bits per heavy atom. The maximum atomic E-state index is 13.3. The van der Waals surface area contributed by atoms with Gasteiger partial charge in [-0.2, -0.15) is 8.78 Å². The smallest absolute Gasteiger partial charge is 0.204 e. The molecule has 1 aromatic rings. The third-order valence-electron chi connectivity index (χ3n) is 2.24. The molecular formula is C10H11F4NO. The van der Waals surface area contributed by atoms with Gasteiger partial charge in [0.25, 0.3) is 0 Å². The molecule has 0 saturated carbocycles. The van der Waals surface area contributed by atoms with Gasteiger partial charge in [-0.3, -0.25) is 0 Å². The van der Waals surface area contributed by atoms with Crippen LogP contribution in [-0.4, -0.2) is 5.11 Å². The Kier molecular flexibility index (Phi) is 3.74. The zero-order chi connectivity index (χ0) is 12.5. The van der Waals surface area contributed by atoms with Gasteiger partial charge >= 0.3 is 0 Å². The number of phenols is 1. The highest BCUT2D eigenvalue weighted by Gasteiger charge is 2.27. The average molecular weight is 237 g/mol. The molecule has 2 nitrogen and oxygen atoms in total. The van der Waals surface area contributed by atoms with Crippen molar-refractivity contribution in [3.8, 4) is 5.75 Å². The van der Waals surface area contributed by atoms with Crippen LogP contribution in [0.1, 0.15) is 31.4 Å². The summed E-state index contributed by atoms with van der Waals surface area (Å²) in [5.41, 5.74) is 4.53. The SMILES string of the molecule is CCCC(N)c1c(F)c(F)c(O)c(F)c1F. The van der Waals surface area contributed by atoms with Gasteiger partial charge in [0.05, 0.1) is 0 Å². The molecule has 0 amide bonds. The van der Waals surface area contributed by atoms with Crippen LogP contribution in [0, 0.1) is 23.3 Å². The van der Waals surface area contributed by atoms with Gasteiger partial charge in [-0.1, -0.05) is 13.3 Å². The lowest BCUT2D eigenvalue weighted by Gasteiger charge is -2.14. The highest BCUT2D eigenvalue weighted by Crippen LogP contribution is 2.32. The van der Waals surface area contributed by atoms with E-state index < -0.39 is 40.6 Å². The van der Waals surface area contributed by atoms with E-state index in [2.05, 4.69) is 0 Å². The van der Waals surface area contributed by atoms with Crippen LogP contribution in [0.4, 0.5) is 17.6 Å². The van der Waals surface area contributed by atoms with E-state index in [1.165, 1.54) is 0 Å². The summed E-state index contributed by atoms with van der Waals surface area (Å²) >= 11 is 0. The van der Waals surface area contributed by atoms with Crippen molar-refractivity contribution in [3.05, 3.63) is 28.8 Å². The van der Waals surface area contributed by atoms with E-state index >= 15 is 0 Å². The van der Waals surface area contributed by atoms with Gasteiger partial charge in [0, 0.05) is 11.6 Å². The topological polar surface area (TPSA) is 46.2 Å². The van der Waals surface area contributed by atoms with E-state index in [-0.39, 0.29) is 6.42 Å². The second-order valence-corrected chi connectivity index (χ2v) is 3.41. The Balaban J connectivity index is 3.39. The number of nitrogens with two attached hydrogens (primary N) is 1. The van der Waals surface area contributed by atoms with Gasteiger partial charge in [0.15, 0.2) is 17.4 Å². The fourth-order valence-corrected chi connectivity index (χ4v) is 1.42. The Labute approximate surface area is 89.7 Å². The van der Waals surface area contributed by atoms with Gasteiger partial charge in [-0.15, -0.1) is 0 Å². The Morgan fingerprint density at radius 2 is 1.50 bits per heavy atom. The summed E-state index contributed by atoms with van der Waals surface area (Å²) in [6.45, 7) is 1.71. The van der Waals surface area contributed by atoms with Crippen LogP contribution in [0.15, 0.2) is 0 Å². The van der Waals surface area contributed by atoms with Crippen LogP contribution in [0.25, 0.3) is 0 Å². The largest absolute Gasteiger partial charge is 0.503 e. The summed E-state index contributed by atoms with van der Waals surface area (Å²) in [4.78, 5) is 0. The molecule has 3 N–H and O–H groups in total. The number of phenolic OH excluding ortho intramolecular Hbond substituents is 1. The summed E-state index contributed by atoms with van der Waals surface area (Å²) in [5.74, 6) is -8.59. The molecule has 1 unspecified atom stereocenters. The molecule has 1 aromatic carbocycles. The minimum absolute atomic E-state index is 0.178. The number of rotatable bonds is 3. The molecule has 0 spiro atoms. The number of benzene rings is 1. The first-order valence-corrected chi connectivity index (χ1v) is 4.72. The Morgan fingerprint density at radius 1 is 1.06 bits per heavy atom. The predicted molar refractivity (Wildman–Crippen MR) is 49.8 cm³/mol. The van der Waals surface area contributed by atoms with E-state index in [0.717, 1.165) is 0 Å². The molecule has 0 bridgehead atoms. The summed E-state index contributed by atoms with van der Waals surface area (Å²) in [6, 6.07) is -1.14. The van der Waals surface area contributed by atoms with Crippen LogP contribution in [0.3, 0.4) is 0 Å². The molecule has 1 rings (SSSR count). The van der Waals surface area contributed by atoms with Crippen LogP contribution in [0.5, 0.6) is 5.75 Å². The minimum atomic E-state index is -1.82. The molecule has 0 aliphatic carbocycles. The zero-order valence-electron chi connectivity index (χ0n) is 8.53. The molecule has 0 radical (unpaired) electrons. The van der Waals surface area contributed by atoms with Gasteiger partial charge < -0.3 is 10.8 Å². The average Bonchev–Trinajstić information content (AvgIpc) is 2.24. The fraction of sp³-hybridized carbons (Fsp3) is 0.400. The molecular weight excluding hydrogens is 226 g/mol.